The molecule has 4 rings (SSSR count). The van der Waals surface area contributed by atoms with E-state index in [0.717, 1.165) is 28.7 Å². The van der Waals surface area contributed by atoms with Crippen molar-refractivity contribution in [2.75, 3.05) is 13.1 Å². The second-order valence-electron chi connectivity index (χ2n) is 6.12. The van der Waals surface area contributed by atoms with Gasteiger partial charge in [-0.25, -0.2) is 4.68 Å². The number of carbonyl (C=O) groups excluding carboxylic acids is 1. The number of hydrogen-bond donors (Lipinski definition) is 0. The van der Waals surface area contributed by atoms with E-state index in [1.807, 2.05) is 70.4 Å². The molecule has 0 N–H and O–H groups in total. The Hall–Kier alpha value is -2.47. The smallest absolute Gasteiger partial charge is 0.255 e. The molecule has 1 atom stereocenters. The highest BCUT2D eigenvalue weighted by Gasteiger charge is 2.29. The molecule has 2 heterocycles. The molecule has 1 saturated heterocycles. The van der Waals surface area contributed by atoms with Crippen LogP contribution < -0.4 is 0 Å². The van der Waals surface area contributed by atoms with E-state index >= 15 is 0 Å². The van der Waals surface area contributed by atoms with Gasteiger partial charge in [-0.05, 0) is 34.5 Å². The van der Waals surface area contributed by atoms with Crippen molar-refractivity contribution in [3.63, 3.8) is 0 Å². The topological polar surface area (TPSA) is 51.0 Å². The second-order valence-corrected chi connectivity index (χ2v) is 6.98. The van der Waals surface area contributed by atoms with Crippen molar-refractivity contribution in [2.45, 2.75) is 12.5 Å². The lowest BCUT2D eigenvalue weighted by atomic mass is 10.2. The molecular weight excluding hydrogens is 380 g/mol. The molecule has 0 radical (unpaired) electrons. The lowest BCUT2D eigenvalue weighted by molar-refractivity contribution is 0.0786. The Morgan fingerprint density at radius 2 is 1.84 bits per heavy atom. The van der Waals surface area contributed by atoms with Crippen molar-refractivity contribution < 1.29 is 4.79 Å². The molecule has 1 aliphatic rings. The molecule has 0 saturated carbocycles. The number of aromatic nitrogens is 3. The molecule has 2 aromatic carbocycles. The first kappa shape index (κ1) is 16.0. The lowest BCUT2D eigenvalue weighted by Gasteiger charge is -2.17. The summed E-state index contributed by atoms with van der Waals surface area (Å²) in [5.41, 5.74) is 2.61. The quantitative estimate of drug-likeness (QED) is 0.676. The maximum absolute atomic E-state index is 12.7. The van der Waals surface area contributed by atoms with E-state index in [0.29, 0.717) is 12.1 Å². The van der Waals surface area contributed by atoms with E-state index in [1.165, 1.54) is 0 Å². The highest BCUT2D eigenvalue weighted by Crippen LogP contribution is 2.26. The molecule has 1 aliphatic heterocycles. The zero-order valence-corrected chi connectivity index (χ0v) is 15.1. The third kappa shape index (κ3) is 3.22. The molecule has 1 amide bonds. The fourth-order valence-electron chi connectivity index (χ4n) is 3.14. The Kier molecular flexibility index (Phi) is 4.36. The van der Waals surface area contributed by atoms with Crippen LogP contribution in [0.1, 0.15) is 22.8 Å². The van der Waals surface area contributed by atoms with Crippen molar-refractivity contribution in [3.05, 3.63) is 70.8 Å². The number of halogens is 1. The monoisotopic (exact) mass is 396 g/mol. The standard InChI is InChI=1S/C19H17BrN4O/c20-17-9-5-4-8-16(17)19(25)23-11-10-15(12-23)24-13-18(21-22-24)14-6-2-1-3-7-14/h1-9,13,15H,10-12H2. The average molecular weight is 397 g/mol. The summed E-state index contributed by atoms with van der Waals surface area (Å²) in [7, 11) is 0. The van der Waals surface area contributed by atoms with Crippen LogP contribution in [0.3, 0.4) is 0 Å². The molecule has 3 aromatic rings. The van der Waals surface area contributed by atoms with E-state index in [4.69, 9.17) is 0 Å². The van der Waals surface area contributed by atoms with Gasteiger partial charge < -0.3 is 4.90 Å². The highest BCUT2D eigenvalue weighted by molar-refractivity contribution is 9.10. The lowest BCUT2D eigenvalue weighted by Crippen LogP contribution is -2.29. The Bertz CT molecular complexity index is 893. The minimum Gasteiger partial charge on any atom is -0.336 e. The van der Waals surface area contributed by atoms with Crippen LogP contribution in [0.15, 0.2) is 65.3 Å². The number of carbonyl (C=O) groups is 1. The Morgan fingerprint density at radius 3 is 2.64 bits per heavy atom. The molecule has 0 aliphatic carbocycles. The highest BCUT2D eigenvalue weighted by atomic mass is 79.9. The maximum Gasteiger partial charge on any atom is 0.255 e. The molecule has 5 nitrogen and oxygen atoms in total. The molecule has 0 spiro atoms. The first-order valence-corrected chi connectivity index (χ1v) is 9.03. The second kappa shape index (κ2) is 6.80. The number of nitrogens with zero attached hydrogens (tertiary/aromatic N) is 4. The number of rotatable bonds is 3. The van der Waals surface area contributed by atoms with Gasteiger partial charge in [-0.3, -0.25) is 4.79 Å². The molecular formula is C19H17BrN4O. The van der Waals surface area contributed by atoms with Gasteiger partial charge in [0.15, 0.2) is 0 Å². The van der Waals surface area contributed by atoms with E-state index in [1.54, 1.807) is 0 Å². The van der Waals surface area contributed by atoms with Crippen molar-refractivity contribution in [1.82, 2.24) is 19.9 Å². The van der Waals surface area contributed by atoms with Crippen LogP contribution in [0.4, 0.5) is 0 Å². The van der Waals surface area contributed by atoms with Gasteiger partial charge in [0.2, 0.25) is 0 Å². The van der Waals surface area contributed by atoms with Gasteiger partial charge in [0.05, 0.1) is 17.8 Å². The molecule has 25 heavy (non-hydrogen) atoms. The first-order valence-electron chi connectivity index (χ1n) is 8.23. The van der Waals surface area contributed by atoms with Gasteiger partial charge >= 0.3 is 0 Å². The molecule has 1 fully saturated rings. The zero-order chi connectivity index (χ0) is 17.2. The van der Waals surface area contributed by atoms with E-state index in [2.05, 4.69) is 26.2 Å². The van der Waals surface area contributed by atoms with Crippen LogP contribution in [0.5, 0.6) is 0 Å². The zero-order valence-electron chi connectivity index (χ0n) is 13.5. The minimum absolute atomic E-state index is 0.0540. The molecule has 1 unspecified atom stereocenters. The fraction of sp³-hybridized carbons (Fsp3) is 0.211. The normalized spacial score (nSPS) is 17.0. The van der Waals surface area contributed by atoms with Gasteiger partial charge in [-0.1, -0.05) is 47.7 Å². The summed E-state index contributed by atoms with van der Waals surface area (Å²) in [6.07, 6.45) is 2.85. The van der Waals surface area contributed by atoms with E-state index in [9.17, 15) is 4.79 Å². The number of likely N-dealkylation sites (tertiary alicyclic amines) is 1. The number of hydrogen-bond acceptors (Lipinski definition) is 3. The van der Waals surface area contributed by atoms with Crippen LogP contribution in [0, 0.1) is 0 Å². The molecule has 0 bridgehead atoms. The van der Waals surface area contributed by atoms with Gasteiger partial charge in [-0.15, -0.1) is 5.10 Å². The summed E-state index contributed by atoms with van der Waals surface area (Å²) >= 11 is 3.46. The predicted molar refractivity (Wildman–Crippen MR) is 99.2 cm³/mol. The van der Waals surface area contributed by atoms with Crippen molar-refractivity contribution in [2.24, 2.45) is 0 Å². The maximum atomic E-state index is 12.7. The number of amides is 1. The summed E-state index contributed by atoms with van der Waals surface area (Å²) in [4.78, 5) is 14.6. The van der Waals surface area contributed by atoms with Crippen molar-refractivity contribution in [3.8, 4) is 11.3 Å². The third-order valence-corrected chi connectivity index (χ3v) is 5.20. The number of benzene rings is 2. The van der Waals surface area contributed by atoms with Crippen molar-refractivity contribution >= 4 is 21.8 Å². The third-order valence-electron chi connectivity index (χ3n) is 4.51. The Labute approximate surface area is 154 Å². The van der Waals surface area contributed by atoms with Crippen LogP contribution >= 0.6 is 15.9 Å². The van der Waals surface area contributed by atoms with Crippen LogP contribution in [-0.4, -0.2) is 38.9 Å². The summed E-state index contributed by atoms with van der Waals surface area (Å²) in [6, 6.07) is 17.7. The van der Waals surface area contributed by atoms with Crippen LogP contribution in [0.25, 0.3) is 11.3 Å². The van der Waals surface area contributed by atoms with Crippen molar-refractivity contribution in [1.29, 1.82) is 0 Å². The average Bonchev–Trinajstić information content (AvgIpc) is 3.32. The van der Waals surface area contributed by atoms with E-state index in [-0.39, 0.29) is 11.9 Å². The molecule has 1 aromatic heterocycles. The van der Waals surface area contributed by atoms with Crippen LogP contribution in [-0.2, 0) is 0 Å². The van der Waals surface area contributed by atoms with Gasteiger partial charge in [-0.2, -0.15) is 0 Å². The first-order chi connectivity index (χ1) is 12.2. The largest absolute Gasteiger partial charge is 0.336 e. The summed E-state index contributed by atoms with van der Waals surface area (Å²) < 4.78 is 2.71. The summed E-state index contributed by atoms with van der Waals surface area (Å²) in [5.74, 6) is 0.0540. The molecule has 126 valence electrons. The van der Waals surface area contributed by atoms with Crippen LogP contribution in [0.2, 0.25) is 0 Å². The SMILES string of the molecule is O=C(c1ccccc1Br)N1CCC(n2cc(-c3ccccc3)nn2)C1. The van der Waals surface area contributed by atoms with Gasteiger partial charge in [0.1, 0.15) is 5.69 Å². The predicted octanol–water partition coefficient (Wildman–Crippen LogP) is 3.79. The van der Waals surface area contributed by atoms with Gasteiger partial charge in [0, 0.05) is 23.1 Å². The Balaban J connectivity index is 1.49. The Morgan fingerprint density at radius 1 is 1.08 bits per heavy atom. The molecule has 6 heteroatoms. The minimum atomic E-state index is 0.0540. The summed E-state index contributed by atoms with van der Waals surface area (Å²) in [6.45, 7) is 1.38. The fourth-order valence-corrected chi connectivity index (χ4v) is 3.60. The van der Waals surface area contributed by atoms with E-state index < -0.39 is 0 Å². The van der Waals surface area contributed by atoms with Gasteiger partial charge in [0.25, 0.3) is 5.91 Å². The summed E-state index contributed by atoms with van der Waals surface area (Å²) in [5, 5.41) is 8.55.